The summed E-state index contributed by atoms with van der Waals surface area (Å²) in [7, 11) is -4.21. The summed E-state index contributed by atoms with van der Waals surface area (Å²) in [6.45, 7) is -1.52. The average molecular weight is 359 g/mol. The van der Waals surface area contributed by atoms with Crippen molar-refractivity contribution in [3.63, 3.8) is 0 Å². The van der Waals surface area contributed by atoms with Crippen LogP contribution in [0.15, 0.2) is 17.0 Å². The molecule has 1 rings (SSSR count). The highest BCUT2D eigenvalue weighted by Gasteiger charge is 2.31. The van der Waals surface area contributed by atoms with Gasteiger partial charge in [-0.15, -0.1) is 0 Å². The molecule has 1 aromatic carbocycles. The van der Waals surface area contributed by atoms with Crippen molar-refractivity contribution < 1.29 is 23.6 Å². The van der Waals surface area contributed by atoms with Gasteiger partial charge in [-0.25, -0.2) is 8.42 Å². The molecular weight excluding hydrogens is 347 g/mol. The third-order valence-corrected chi connectivity index (χ3v) is 5.27. The topological polar surface area (TPSA) is 121 Å². The van der Waals surface area contributed by atoms with Crippen molar-refractivity contribution in [2.45, 2.75) is 4.90 Å². The van der Waals surface area contributed by atoms with Crippen LogP contribution in [0.5, 0.6) is 0 Å². The predicted molar refractivity (Wildman–Crippen MR) is 76.0 cm³/mol. The highest BCUT2D eigenvalue weighted by molar-refractivity contribution is 7.89. The van der Waals surface area contributed by atoms with Crippen molar-refractivity contribution in [3.8, 4) is 0 Å². The fourth-order valence-electron chi connectivity index (χ4n) is 1.60. The molecule has 8 nitrogen and oxygen atoms in total. The number of halogens is 2. The monoisotopic (exact) mass is 358 g/mol. The van der Waals surface area contributed by atoms with Crippen LogP contribution in [0.2, 0.25) is 10.0 Å². The smallest absolute Gasteiger partial charge is 0.307 e. The quantitative estimate of drug-likeness (QED) is 0.551. The molecule has 0 radical (unpaired) electrons. The molecule has 2 N–H and O–H groups in total. The van der Waals surface area contributed by atoms with E-state index in [4.69, 9.17) is 33.4 Å². The van der Waals surface area contributed by atoms with Crippen molar-refractivity contribution in [2.75, 3.05) is 26.3 Å². The number of benzene rings is 1. The maximum atomic E-state index is 12.4. The van der Waals surface area contributed by atoms with Crippen LogP contribution in [0.25, 0.3) is 0 Å². The van der Waals surface area contributed by atoms with Gasteiger partial charge in [0.2, 0.25) is 10.0 Å². The Morgan fingerprint density at radius 3 is 2.14 bits per heavy atom. The van der Waals surface area contributed by atoms with E-state index in [1.54, 1.807) is 0 Å². The lowest BCUT2D eigenvalue weighted by Crippen LogP contribution is -2.36. The van der Waals surface area contributed by atoms with E-state index in [0.29, 0.717) is 0 Å². The van der Waals surface area contributed by atoms with Gasteiger partial charge >= 0.3 is 5.69 Å². The van der Waals surface area contributed by atoms with Gasteiger partial charge in [-0.1, -0.05) is 23.2 Å². The Morgan fingerprint density at radius 1 is 1.19 bits per heavy atom. The maximum absolute atomic E-state index is 12.4. The number of nitro groups is 1. The summed E-state index contributed by atoms with van der Waals surface area (Å²) in [6.07, 6.45) is 0. The van der Waals surface area contributed by atoms with Crippen LogP contribution in [-0.4, -0.2) is 54.2 Å². The first-order valence-electron chi connectivity index (χ1n) is 5.61. The lowest BCUT2D eigenvalue weighted by Gasteiger charge is -2.20. The number of nitro benzene ring substituents is 1. The predicted octanol–water partition coefficient (Wildman–Crippen LogP) is 0.877. The largest absolute Gasteiger partial charge is 0.395 e. The fourth-order valence-corrected chi connectivity index (χ4v) is 3.89. The molecule has 0 atom stereocenters. The second-order valence-electron chi connectivity index (χ2n) is 3.82. The number of aliphatic hydroxyl groups excluding tert-OH is 2. The highest BCUT2D eigenvalue weighted by atomic mass is 35.5. The number of rotatable bonds is 7. The number of hydrogen-bond donors (Lipinski definition) is 2. The standard InChI is InChI=1S/C10H12Cl2N2O6S/c11-7-1-2-8(9(12)10(7)14(17)18)21(19,20)13(3-5-15)4-6-16/h1-2,15-16H,3-6H2. The number of sulfonamides is 1. The maximum Gasteiger partial charge on any atom is 0.307 e. The fraction of sp³-hybridized carbons (Fsp3) is 0.400. The second-order valence-corrected chi connectivity index (χ2v) is 6.51. The van der Waals surface area contributed by atoms with E-state index in [-0.39, 0.29) is 18.1 Å². The molecule has 0 aromatic heterocycles. The SMILES string of the molecule is O=[N+]([O-])c1c(Cl)ccc(S(=O)(=O)N(CCO)CCO)c1Cl. The molecule has 0 aliphatic carbocycles. The number of aliphatic hydroxyl groups is 2. The van der Waals surface area contributed by atoms with Gasteiger partial charge in [-0.05, 0) is 12.1 Å². The molecule has 1 aromatic rings. The third kappa shape index (κ3) is 3.82. The van der Waals surface area contributed by atoms with Crippen LogP contribution >= 0.6 is 23.2 Å². The Balaban J connectivity index is 3.44. The first kappa shape index (κ1) is 18.1. The van der Waals surface area contributed by atoms with E-state index in [9.17, 15) is 18.5 Å². The van der Waals surface area contributed by atoms with Crippen molar-refractivity contribution in [1.29, 1.82) is 0 Å². The Morgan fingerprint density at radius 2 is 1.71 bits per heavy atom. The van der Waals surface area contributed by atoms with Crippen LogP contribution in [0.3, 0.4) is 0 Å². The van der Waals surface area contributed by atoms with Crippen molar-refractivity contribution in [3.05, 3.63) is 32.3 Å². The van der Waals surface area contributed by atoms with Crippen molar-refractivity contribution in [1.82, 2.24) is 4.31 Å². The molecule has 0 aliphatic rings. The van der Waals surface area contributed by atoms with E-state index in [1.807, 2.05) is 0 Å². The Hall–Kier alpha value is -0.970. The Labute approximate surface area is 130 Å². The summed E-state index contributed by atoms with van der Waals surface area (Å²) in [6, 6.07) is 2.09. The van der Waals surface area contributed by atoms with Gasteiger partial charge in [0.1, 0.15) is 14.9 Å². The van der Waals surface area contributed by atoms with Gasteiger partial charge in [0.05, 0.1) is 18.1 Å². The molecule has 0 saturated heterocycles. The molecule has 0 bridgehead atoms. The summed E-state index contributed by atoms with van der Waals surface area (Å²) in [5, 5.41) is 27.7. The van der Waals surface area contributed by atoms with E-state index < -0.39 is 43.8 Å². The summed E-state index contributed by atoms with van der Waals surface area (Å²) < 4.78 is 25.5. The zero-order valence-electron chi connectivity index (χ0n) is 10.6. The van der Waals surface area contributed by atoms with Crippen LogP contribution in [0.1, 0.15) is 0 Å². The molecule has 0 unspecified atom stereocenters. The van der Waals surface area contributed by atoms with Gasteiger partial charge in [0.25, 0.3) is 0 Å². The van der Waals surface area contributed by atoms with E-state index in [1.165, 1.54) is 0 Å². The molecule has 11 heteroatoms. The highest BCUT2D eigenvalue weighted by Crippen LogP contribution is 2.38. The molecule has 0 spiro atoms. The Bertz CT molecular complexity index is 631. The molecule has 0 aliphatic heterocycles. The van der Waals surface area contributed by atoms with Crippen LogP contribution in [0, 0.1) is 10.1 Å². The minimum Gasteiger partial charge on any atom is -0.395 e. The molecule has 0 saturated carbocycles. The normalized spacial score (nSPS) is 11.9. The van der Waals surface area contributed by atoms with Gasteiger partial charge in [-0.3, -0.25) is 10.1 Å². The first-order chi connectivity index (χ1) is 9.77. The van der Waals surface area contributed by atoms with Crippen LogP contribution in [0.4, 0.5) is 5.69 Å². The summed E-state index contributed by atoms with van der Waals surface area (Å²) in [5.74, 6) is 0. The summed E-state index contributed by atoms with van der Waals surface area (Å²) in [4.78, 5) is 9.50. The van der Waals surface area contributed by atoms with Gasteiger partial charge in [0, 0.05) is 13.1 Å². The molecule has 21 heavy (non-hydrogen) atoms. The molecular formula is C10H12Cl2N2O6S. The van der Waals surface area contributed by atoms with Crippen LogP contribution < -0.4 is 0 Å². The van der Waals surface area contributed by atoms with E-state index in [0.717, 1.165) is 16.4 Å². The van der Waals surface area contributed by atoms with Gasteiger partial charge in [0.15, 0.2) is 0 Å². The van der Waals surface area contributed by atoms with Gasteiger partial charge < -0.3 is 10.2 Å². The lowest BCUT2D eigenvalue weighted by molar-refractivity contribution is -0.384. The Kier molecular flexibility index (Phi) is 6.32. The first-order valence-corrected chi connectivity index (χ1v) is 7.81. The number of hydrogen-bond acceptors (Lipinski definition) is 6. The van der Waals surface area contributed by atoms with Crippen LogP contribution in [-0.2, 0) is 10.0 Å². The minimum absolute atomic E-state index is 0.282. The zero-order valence-corrected chi connectivity index (χ0v) is 12.9. The summed E-state index contributed by atoms with van der Waals surface area (Å²) in [5.41, 5.74) is -0.715. The summed E-state index contributed by atoms with van der Waals surface area (Å²) >= 11 is 11.4. The molecule has 0 amide bonds. The minimum atomic E-state index is -4.21. The van der Waals surface area contributed by atoms with E-state index >= 15 is 0 Å². The van der Waals surface area contributed by atoms with Crippen molar-refractivity contribution in [2.24, 2.45) is 0 Å². The average Bonchev–Trinajstić information content (AvgIpc) is 2.37. The zero-order chi connectivity index (χ0) is 16.2. The van der Waals surface area contributed by atoms with Crippen molar-refractivity contribution >= 4 is 38.9 Å². The number of nitrogens with zero attached hydrogens (tertiary/aromatic N) is 2. The molecule has 118 valence electrons. The lowest BCUT2D eigenvalue weighted by atomic mass is 10.3. The molecule has 0 fully saturated rings. The third-order valence-electron chi connectivity index (χ3n) is 2.53. The molecule has 0 heterocycles. The van der Waals surface area contributed by atoms with Gasteiger partial charge in [-0.2, -0.15) is 4.31 Å². The van der Waals surface area contributed by atoms with E-state index in [2.05, 4.69) is 0 Å². The second kappa shape index (κ2) is 7.34.